The zero-order valence-electron chi connectivity index (χ0n) is 11.1. The van der Waals surface area contributed by atoms with Gasteiger partial charge in [-0.25, -0.2) is 4.98 Å². The molecule has 0 saturated heterocycles. The van der Waals surface area contributed by atoms with Crippen molar-refractivity contribution < 1.29 is 0 Å². The van der Waals surface area contributed by atoms with E-state index in [0.717, 1.165) is 23.4 Å². The van der Waals surface area contributed by atoms with Crippen molar-refractivity contribution in [1.82, 2.24) is 15.2 Å². The summed E-state index contributed by atoms with van der Waals surface area (Å²) >= 11 is 0. The van der Waals surface area contributed by atoms with Crippen molar-refractivity contribution in [3.05, 3.63) is 60.2 Å². The largest absolute Gasteiger partial charge is 0.330 e. The van der Waals surface area contributed by atoms with E-state index in [1.54, 1.807) is 0 Å². The summed E-state index contributed by atoms with van der Waals surface area (Å²) in [6, 6.07) is 18.2. The number of H-pyrrole nitrogens is 1. The molecule has 0 fully saturated rings. The fraction of sp³-hybridized carbons (Fsp3) is 0.125. The number of hydrogen-bond acceptors (Lipinski definition) is 3. The molecule has 3 aromatic rings. The molecule has 0 radical (unpaired) electrons. The van der Waals surface area contributed by atoms with Gasteiger partial charge in [-0.1, -0.05) is 48.5 Å². The monoisotopic (exact) mass is 264 g/mol. The van der Waals surface area contributed by atoms with Crippen LogP contribution in [0.2, 0.25) is 0 Å². The van der Waals surface area contributed by atoms with Gasteiger partial charge < -0.3 is 5.73 Å². The van der Waals surface area contributed by atoms with Crippen LogP contribution in [0.25, 0.3) is 22.8 Å². The molecule has 20 heavy (non-hydrogen) atoms. The Labute approximate surface area is 117 Å². The Hall–Kier alpha value is -2.46. The van der Waals surface area contributed by atoms with Gasteiger partial charge in [0.1, 0.15) is 0 Å². The van der Waals surface area contributed by atoms with Crippen LogP contribution in [-0.4, -0.2) is 21.7 Å². The highest BCUT2D eigenvalue weighted by molar-refractivity contribution is 5.61. The molecule has 0 bridgehead atoms. The molecule has 0 unspecified atom stereocenters. The Bertz CT molecular complexity index is 688. The van der Waals surface area contributed by atoms with Gasteiger partial charge in [0.2, 0.25) is 0 Å². The Morgan fingerprint density at radius 1 is 0.950 bits per heavy atom. The van der Waals surface area contributed by atoms with Crippen molar-refractivity contribution in [1.29, 1.82) is 0 Å². The quantitative estimate of drug-likeness (QED) is 0.761. The van der Waals surface area contributed by atoms with Crippen molar-refractivity contribution in [2.45, 2.75) is 6.42 Å². The molecular weight excluding hydrogens is 248 g/mol. The third-order valence-electron chi connectivity index (χ3n) is 3.15. The first kappa shape index (κ1) is 12.6. The van der Waals surface area contributed by atoms with Crippen LogP contribution in [0.1, 0.15) is 5.56 Å². The van der Waals surface area contributed by atoms with Gasteiger partial charge in [-0.05, 0) is 24.6 Å². The lowest BCUT2D eigenvalue weighted by Gasteiger charge is -2.00. The van der Waals surface area contributed by atoms with E-state index in [0.29, 0.717) is 12.4 Å². The molecule has 4 nitrogen and oxygen atoms in total. The van der Waals surface area contributed by atoms with E-state index < -0.39 is 0 Å². The van der Waals surface area contributed by atoms with E-state index in [-0.39, 0.29) is 0 Å². The summed E-state index contributed by atoms with van der Waals surface area (Å²) in [6.07, 6.45) is 0.865. The summed E-state index contributed by atoms with van der Waals surface area (Å²) < 4.78 is 0. The van der Waals surface area contributed by atoms with Crippen LogP contribution in [0.15, 0.2) is 54.6 Å². The molecule has 0 saturated carbocycles. The number of aromatic amines is 1. The number of nitrogens with two attached hydrogens (primary N) is 1. The average Bonchev–Trinajstić information content (AvgIpc) is 2.99. The summed E-state index contributed by atoms with van der Waals surface area (Å²) in [7, 11) is 0. The molecule has 1 heterocycles. The summed E-state index contributed by atoms with van der Waals surface area (Å²) in [4.78, 5) is 4.55. The topological polar surface area (TPSA) is 67.6 Å². The summed E-state index contributed by atoms with van der Waals surface area (Å²) in [5.41, 5.74) is 8.84. The molecule has 0 spiro atoms. The van der Waals surface area contributed by atoms with Crippen LogP contribution in [0.3, 0.4) is 0 Å². The van der Waals surface area contributed by atoms with Crippen molar-refractivity contribution in [3.63, 3.8) is 0 Å². The maximum absolute atomic E-state index is 5.59. The van der Waals surface area contributed by atoms with Crippen LogP contribution in [0.4, 0.5) is 0 Å². The van der Waals surface area contributed by atoms with Gasteiger partial charge in [-0.3, -0.25) is 5.10 Å². The van der Waals surface area contributed by atoms with Crippen molar-refractivity contribution >= 4 is 0 Å². The Morgan fingerprint density at radius 3 is 2.55 bits per heavy atom. The highest BCUT2D eigenvalue weighted by atomic mass is 15.2. The minimum absolute atomic E-state index is 0.646. The van der Waals surface area contributed by atoms with Crippen LogP contribution in [0, 0.1) is 0 Å². The predicted molar refractivity (Wildman–Crippen MR) is 80.0 cm³/mol. The fourth-order valence-electron chi connectivity index (χ4n) is 2.15. The maximum Gasteiger partial charge on any atom is 0.181 e. The lowest BCUT2D eigenvalue weighted by molar-refractivity contribution is 0.968. The molecule has 3 N–H and O–H groups in total. The third-order valence-corrected chi connectivity index (χ3v) is 3.15. The first-order chi connectivity index (χ1) is 9.86. The number of nitrogens with one attached hydrogen (secondary N) is 1. The van der Waals surface area contributed by atoms with E-state index in [1.807, 2.05) is 42.5 Å². The molecule has 0 amide bonds. The number of benzene rings is 2. The Morgan fingerprint density at radius 2 is 1.75 bits per heavy atom. The van der Waals surface area contributed by atoms with Gasteiger partial charge in [0, 0.05) is 11.1 Å². The number of nitrogens with zero attached hydrogens (tertiary/aromatic N) is 2. The minimum atomic E-state index is 0.646. The van der Waals surface area contributed by atoms with Crippen molar-refractivity contribution in [2.24, 2.45) is 5.73 Å². The van der Waals surface area contributed by atoms with E-state index >= 15 is 0 Å². The number of hydrogen-bond donors (Lipinski definition) is 2. The van der Waals surface area contributed by atoms with Crippen LogP contribution in [0.5, 0.6) is 0 Å². The smallest absolute Gasteiger partial charge is 0.181 e. The molecular formula is C16H16N4. The molecule has 0 atom stereocenters. The summed E-state index contributed by atoms with van der Waals surface area (Å²) in [6.45, 7) is 0.646. The zero-order valence-corrected chi connectivity index (χ0v) is 11.1. The molecule has 0 aliphatic heterocycles. The van der Waals surface area contributed by atoms with Gasteiger partial charge in [0.05, 0.1) is 0 Å². The minimum Gasteiger partial charge on any atom is -0.330 e. The normalized spacial score (nSPS) is 10.7. The highest BCUT2D eigenvalue weighted by Crippen LogP contribution is 2.20. The van der Waals surface area contributed by atoms with Gasteiger partial charge in [0.15, 0.2) is 11.6 Å². The first-order valence-electron chi connectivity index (χ1n) is 6.64. The Balaban J connectivity index is 1.92. The lowest BCUT2D eigenvalue weighted by atomic mass is 10.1. The second kappa shape index (κ2) is 5.67. The zero-order chi connectivity index (χ0) is 13.8. The van der Waals surface area contributed by atoms with Crippen molar-refractivity contribution in [3.8, 4) is 22.8 Å². The van der Waals surface area contributed by atoms with Crippen LogP contribution < -0.4 is 5.73 Å². The van der Waals surface area contributed by atoms with Gasteiger partial charge in [-0.2, -0.15) is 5.10 Å². The average molecular weight is 264 g/mol. The molecule has 0 aliphatic rings. The Kier molecular flexibility index (Phi) is 3.56. The van der Waals surface area contributed by atoms with E-state index in [2.05, 4.69) is 27.3 Å². The van der Waals surface area contributed by atoms with Gasteiger partial charge in [-0.15, -0.1) is 0 Å². The summed E-state index contributed by atoms with van der Waals surface area (Å²) in [5, 5.41) is 7.28. The standard InChI is InChI=1S/C16H16N4/c17-10-9-12-5-4-8-14(11-12)16-18-15(19-20-16)13-6-2-1-3-7-13/h1-8,11H,9-10,17H2,(H,18,19,20). The van der Waals surface area contributed by atoms with E-state index in [9.17, 15) is 0 Å². The molecule has 1 aromatic heterocycles. The predicted octanol–water partition coefficient (Wildman–Crippen LogP) is 2.64. The second-order valence-corrected chi connectivity index (χ2v) is 4.61. The molecule has 4 heteroatoms. The molecule has 3 rings (SSSR count). The summed E-state index contributed by atoms with van der Waals surface area (Å²) in [5.74, 6) is 1.49. The lowest BCUT2D eigenvalue weighted by Crippen LogP contribution is -2.02. The molecule has 100 valence electrons. The van der Waals surface area contributed by atoms with Crippen molar-refractivity contribution in [2.75, 3.05) is 6.54 Å². The van der Waals surface area contributed by atoms with E-state index in [1.165, 1.54) is 5.56 Å². The van der Waals surface area contributed by atoms with E-state index in [4.69, 9.17) is 5.73 Å². The number of rotatable bonds is 4. The molecule has 2 aromatic carbocycles. The van der Waals surface area contributed by atoms with Gasteiger partial charge in [0.25, 0.3) is 0 Å². The first-order valence-corrected chi connectivity index (χ1v) is 6.64. The highest BCUT2D eigenvalue weighted by Gasteiger charge is 2.07. The SMILES string of the molecule is NCCc1cccc(-c2n[nH]c(-c3ccccc3)n2)c1. The molecule has 0 aliphatic carbocycles. The maximum atomic E-state index is 5.59. The van der Waals surface area contributed by atoms with Gasteiger partial charge >= 0.3 is 0 Å². The fourth-order valence-corrected chi connectivity index (χ4v) is 2.15. The number of aromatic nitrogens is 3. The second-order valence-electron chi connectivity index (χ2n) is 4.61. The third kappa shape index (κ3) is 2.60. The van der Waals surface area contributed by atoms with Crippen LogP contribution >= 0.6 is 0 Å². The van der Waals surface area contributed by atoms with Crippen LogP contribution in [-0.2, 0) is 6.42 Å².